The van der Waals surface area contributed by atoms with E-state index in [1.165, 1.54) is 12.5 Å². The molecule has 108 valence electrons. The molecule has 0 saturated carbocycles. The van der Waals surface area contributed by atoms with Gasteiger partial charge in [0.05, 0.1) is 17.7 Å². The van der Waals surface area contributed by atoms with Crippen LogP contribution in [0.4, 0.5) is 0 Å². The predicted octanol–water partition coefficient (Wildman–Crippen LogP) is 1.86. The van der Waals surface area contributed by atoms with E-state index < -0.39 is 0 Å². The van der Waals surface area contributed by atoms with E-state index in [-0.39, 0.29) is 29.3 Å². The molecule has 0 fully saturated rings. The molecule has 1 unspecified atom stereocenters. The van der Waals surface area contributed by atoms with E-state index in [1.807, 2.05) is 24.3 Å². The van der Waals surface area contributed by atoms with Gasteiger partial charge in [0.2, 0.25) is 0 Å². The predicted molar refractivity (Wildman–Crippen MR) is 78.1 cm³/mol. The minimum absolute atomic E-state index is 0.133. The van der Waals surface area contributed by atoms with Gasteiger partial charge in [-0.1, -0.05) is 35.9 Å². The fourth-order valence-corrected chi connectivity index (χ4v) is 2.88. The van der Waals surface area contributed by atoms with Crippen LogP contribution in [0.5, 0.6) is 0 Å². The molecule has 2 heterocycles. The lowest BCUT2D eigenvalue weighted by molar-refractivity contribution is 0.0563. The number of benzene rings is 1. The lowest BCUT2D eigenvalue weighted by Crippen LogP contribution is -2.42. The standard InChI is InChI=1S/C15H14ClN3O2/c16-12-7-17-9-18-14(12)15(21)19-6-5-10-3-1-2-4-11(10)13(19)8-20/h1-4,7,9,13,20H,5-6,8H2. The molecule has 3 rings (SSSR count). The van der Waals surface area contributed by atoms with Crippen molar-refractivity contribution in [3.8, 4) is 0 Å². The third-order valence-corrected chi connectivity index (χ3v) is 3.99. The second kappa shape index (κ2) is 5.79. The van der Waals surface area contributed by atoms with E-state index in [1.54, 1.807) is 4.90 Å². The lowest BCUT2D eigenvalue weighted by atomic mass is 9.92. The maximum Gasteiger partial charge on any atom is 0.274 e. The Balaban J connectivity index is 1.96. The fourth-order valence-electron chi connectivity index (χ4n) is 2.70. The Kier molecular flexibility index (Phi) is 3.86. The van der Waals surface area contributed by atoms with Crippen molar-refractivity contribution in [2.45, 2.75) is 12.5 Å². The Morgan fingerprint density at radius 2 is 2.24 bits per heavy atom. The van der Waals surface area contributed by atoms with Gasteiger partial charge in [0, 0.05) is 12.7 Å². The third kappa shape index (κ3) is 2.50. The first-order chi connectivity index (χ1) is 10.2. The molecule has 1 N–H and O–H groups in total. The maximum atomic E-state index is 12.6. The first-order valence-corrected chi connectivity index (χ1v) is 7.05. The molecule has 6 heteroatoms. The quantitative estimate of drug-likeness (QED) is 0.919. The van der Waals surface area contributed by atoms with Crippen molar-refractivity contribution < 1.29 is 9.90 Å². The Morgan fingerprint density at radius 3 is 3.00 bits per heavy atom. The molecular formula is C15H14ClN3O2. The molecule has 5 nitrogen and oxygen atoms in total. The number of nitrogens with zero attached hydrogens (tertiary/aromatic N) is 3. The van der Waals surface area contributed by atoms with Gasteiger partial charge >= 0.3 is 0 Å². The molecule has 1 aliphatic rings. The highest BCUT2D eigenvalue weighted by Crippen LogP contribution is 2.30. The number of amides is 1. The third-order valence-electron chi connectivity index (χ3n) is 3.72. The molecule has 0 radical (unpaired) electrons. The molecule has 0 spiro atoms. The highest BCUT2D eigenvalue weighted by molar-refractivity contribution is 6.33. The minimum Gasteiger partial charge on any atom is -0.394 e. The van der Waals surface area contributed by atoms with Crippen LogP contribution < -0.4 is 0 Å². The Morgan fingerprint density at radius 1 is 1.43 bits per heavy atom. The summed E-state index contributed by atoms with van der Waals surface area (Å²) in [6.45, 7) is 0.396. The molecule has 1 atom stereocenters. The Hall–Kier alpha value is -1.98. The van der Waals surface area contributed by atoms with Gasteiger partial charge in [0.15, 0.2) is 0 Å². The van der Waals surface area contributed by atoms with Gasteiger partial charge in [-0.25, -0.2) is 9.97 Å². The Bertz CT molecular complexity index is 677. The highest BCUT2D eigenvalue weighted by Gasteiger charge is 2.32. The summed E-state index contributed by atoms with van der Waals surface area (Å²) in [5.41, 5.74) is 2.31. The van der Waals surface area contributed by atoms with Gasteiger partial charge in [-0.15, -0.1) is 0 Å². The zero-order valence-electron chi connectivity index (χ0n) is 11.2. The Labute approximate surface area is 127 Å². The molecule has 0 saturated heterocycles. The second-order valence-corrected chi connectivity index (χ2v) is 5.27. The molecule has 2 aromatic rings. The van der Waals surface area contributed by atoms with E-state index in [2.05, 4.69) is 9.97 Å². The van der Waals surface area contributed by atoms with Crippen molar-refractivity contribution in [2.75, 3.05) is 13.2 Å². The number of aliphatic hydroxyl groups excluding tert-OH is 1. The van der Waals surface area contributed by atoms with Crippen LogP contribution in [0, 0.1) is 0 Å². The summed E-state index contributed by atoms with van der Waals surface area (Å²) in [5, 5.41) is 9.93. The second-order valence-electron chi connectivity index (χ2n) is 4.87. The van der Waals surface area contributed by atoms with Crippen molar-refractivity contribution in [3.05, 3.63) is 58.6 Å². The van der Waals surface area contributed by atoms with Gasteiger partial charge in [0.1, 0.15) is 12.0 Å². The molecular weight excluding hydrogens is 290 g/mol. The summed E-state index contributed by atoms with van der Waals surface area (Å²) < 4.78 is 0. The number of aromatic nitrogens is 2. The molecule has 1 aliphatic heterocycles. The van der Waals surface area contributed by atoms with E-state index >= 15 is 0 Å². The molecule has 0 aliphatic carbocycles. The number of rotatable bonds is 2. The molecule has 1 aromatic heterocycles. The first-order valence-electron chi connectivity index (χ1n) is 6.67. The van der Waals surface area contributed by atoms with Crippen LogP contribution in [0.15, 0.2) is 36.8 Å². The summed E-state index contributed by atoms with van der Waals surface area (Å²) in [6.07, 6.45) is 3.44. The summed E-state index contributed by atoms with van der Waals surface area (Å²) >= 11 is 5.99. The van der Waals surface area contributed by atoms with E-state index in [4.69, 9.17) is 11.6 Å². The first kappa shape index (κ1) is 14.0. The monoisotopic (exact) mass is 303 g/mol. The van der Waals surface area contributed by atoms with Crippen LogP contribution in [-0.4, -0.2) is 39.0 Å². The van der Waals surface area contributed by atoms with Crippen LogP contribution in [0.25, 0.3) is 0 Å². The molecule has 1 aromatic carbocycles. The number of carbonyl (C=O) groups excluding carboxylic acids is 1. The summed E-state index contributed by atoms with van der Waals surface area (Å²) in [7, 11) is 0. The number of aliphatic hydroxyl groups is 1. The number of hydrogen-bond donors (Lipinski definition) is 1. The van der Waals surface area contributed by atoms with Gasteiger partial charge in [-0.2, -0.15) is 0 Å². The van der Waals surface area contributed by atoms with E-state index in [0.29, 0.717) is 6.54 Å². The highest BCUT2D eigenvalue weighted by atomic mass is 35.5. The van der Waals surface area contributed by atoms with Crippen molar-refractivity contribution in [3.63, 3.8) is 0 Å². The smallest absolute Gasteiger partial charge is 0.274 e. The zero-order chi connectivity index (χ0) is 14.8. The number of fused-ring (bicyclic) bond motifs is 1. The van der Waals surface area contributed by atoms with E-state index in [0.717, 1.165) is 17.5 Å². The van der Waals surface area contributed by atoms with Crippen LogP contribution in [-0.2, 0) is 6.42 Å². The lowest BCUT2D eigenvalue weighted by Gasteiger charge is -2.36. The number of hydrogen-bond acceptors (Lipinski definition) is 4. The largest absolute Gasteiger partial charge is 0.394 e. The maximum absolute atomic E-state index is 12.6. The molecule has 1 amide bonds. The van der Waals surface area contributed by atoms with Gasteiger partial charge in [-0.05, 0) is 17.5 Å². The van der Waals surface area contributed by atoms with Crippen molar-refractivity contribution in [1.29, 1.82) is 0 Å². The van der Waals surface area contributed by atoms with Crippen molar-refractivity contribution >= 4 is 17.5 Å². The average Bonchev–Trinajstić information content (AvgIpc) is 2.53. The molecule has 21 heavy (non-hydrogen) atoms. The van der Waals surface area contributed by atoms with Gasteiger partial charge in [0.25, 0.3) is 5.91 Å². The van der Waals surface area contributed by atoms with Crippen molar-refractivity contribution in [2.24, 2.45) is 0 Å². The summed E-state index contributed by atoms with van der Waals surface area (Å²) in [4.78, 5) is 22.0. The van der Waals surface area contributed by atoms with Crippen LogP contribution >= 0.6 is 11.6 Å². The number of carbonyl (C=O) groups is 1. The normalized spacial score (nSPS) is 17.4. The van der Waals surface area contributed by atoms with E-state index in [9.17, 15) is 9.90 Å². The van der Waals surface area contributed by atoms with Gasteiger partial charge < -0.3 is 10.0 Å². The summed E-state index contributed by atoms with van der Waals surface area (Å²) in [5.74, 6) is -0.282. The fraction of sp³-hybridized carbons (Fsp3) is 0.267. The van der Waals surface area contributed by atoms with Crippen molar-refractivity contribution in [1.82, 2.24) is 14.9 Å². The minimum atomic E-state index is -0.367. The summed E-state index contributed by atoms with van der Waals surface area (Å²) in [6, 6.07) is 7.47. The zero-order valence-corrected chi connectivity index (χ0v) is 12.0. The van der Waals surface area contributed by atoms with Crippen LogP contribution in [0.2, 0.25) is 5.02 Å². The van der Waals surface area contributed by atoms with Crippen LogP contribution in [0.1, 0.15) is 27.7 Å². The van der Waals surface area contributed by atoms with Crippen LogP contribution in [0.3, 0.4) is 0 Å². The van der Waals surface area contributed by atoms with Gasteiger partial charge in [-0.3, -0.25) is 4.79 Å². The topological polar surface area (TPSA) is 66.3 Å². The average molecular weight is 304 g/mol. The SMILES string of the molecule is O=C(c1ncncc1Cl)N1CCc2ccccc2C1CO. The number of halogens is 1. The molecule has 0 bridgehead atoms.